The quantitative estimate of drug-likeness (QED) is 0.551. The summed E-state index contributed by atoms with van der Waals surface area (Å²) in [7, 11) is 0. The van der Waals surface area contributed by atoms with Crippen LogP contribution < -0.4 is 5.73 Å². The van der Waals surface area contributed by atoms with Crippen molar-refractivity contribution in [3.8, 4) is 11.4 Å². The van der Waals surface area contributed by atoms with E-state index in [1.165, 1.54) is 0 Å². The number of hydrogen-bond acceptors (Lipinski definition) is 3. The summed E-state index contributed by atoms with van der Waals surface area (Å²) in [6.07, 6.45) is 4.87. The Balaban J connectivity index is 2.78. The number of hydrogen-bond donors (Lipinski definition) is 2. The molecule has 2 aliphatic rings. The van der Waals surface area contributed by atoms with Gasteiger partial charge in [-0.15, -0.1) is 0 Å². The second-order valence-electron chi connectivity index (χ2n) is 2.03. The summed E-state index contributed by atoms with van der Waals surface area (Å²) in [6.45, 7) is 0. The highest BCUT2D eigenvalue weighted by Gasteiger charge is 2.06. The highest BCUT2D eigenvalue weighted by molar-refractivity contribution is 5.70. The Bertz CT molecular complexity index is 314. The van der Waals surface area contributed by atoms with Crippen LogP contribution in [0.3, 0.4) is 0 Å². The topological polar surface area (TPSA) is 67.6 Å². The molecule has 0 atom stereocenters. The van der Waals surface area contributed by atoms with Gasteiger partial charge in [-0.25, -0.2) is 4.98 Å². The zero-order chi connectivity index (χ0) is 6.97. The number of nitrogens with two attached hydrogens (primary N) is 1. The molecule has 0 aromatic heterocycles. The summed E-state index contributed by atoms with van der Waals surface area (Å²) in [6, 6.07) is 0. The van der Waals surface area contributed by atoms with E-state index in [4.69, 9.17) is 5.73 Å². The van der Waals surface area contributed by atoms with Crippen molar-refractivity contribution in [2.45, 2.75) is 0 Å². The number of aromatic nitrogens is 3. The molecule has 0 aromatic rings. The molecule has 0 saturated carbocycles. The third-order valence-corrected chi connectivity index (χ3v) is 1.37. The van der Waals surface area contributed by atoms with E-state index in [-0.39, 0.29) is 0 Å². The van der Waals surface area contributed by atoms with Crippen molar-refractivity contribution in [2.24, 2.45) is 0 Å². The minimum atomic E-state index is 0.664. The highest BCUT2D eigenvalue weighted by Crippen LogP contribution is 2.21. The summed E-state index contributed by atoms with van der Waals surface area (Å²) in [5, 5.41) is 0. The van der Waals surface area contributed by atoms with E-state index in [9.17, 15) is 0 Å². The third-order valence-electron chi connectivity index (χ3n) is 1.37. The van der Waals surface area contributed by atoms with E-state index in [1.54, 1.807) is 18.7 Å². The van der Waals surface area contributed by atoms with Gasteiger partial charge in [-0.3, -0.25) is 4.98 Å². The lowest BCUT2D eigenvalue weighted by atomic mass is 10.3. The van der Waals surface area contributed by atoms with Gasteiger partial charge in [0.25, 0.3) is 0 Å². The number of nitrogen functional groups attached to an aromatic ring is 1. The van der Waals surface area contributed by atoms with E-state index >= 15 is 0 Å². The molecule has 0 bridgehead atoms. The van der Waals surface area contributed by atoms with Crippen LogP contribution in [0.2, 0.25) is 0 Å². The van der Waals surface area contributed by atoms with E-state index < -0.39 is 0 Å². The second kappa shape index (κ2) is 1.70. The normalized spacial score (nSPS) is 10.4. The Morgan fingerprint density at radius 2 is 2.30 bits per heavy atom. The van der Waals surface area contributed by atoms with Gasteiger partial charge in [0.2, 0.25) is 0 Å². The number of fused-ring (bicyclic) bond motifs is 1. The second-order valence-corrected chi connectivity index (χ2v) is 2.03. The Kier molecular flexibility index (Phi) is 0.887. The third kappa shape index (κ3) is 0.556. The molecule has 3 N–H and O–H groups in total. The van der Waals surface area contributed by atoms with Crippen LogP contribution in [0.15, 0.2) is 18.7 Å². The number of rotatable bonds is 0. The highest BCUT2D eigenvalue weighted by atomic mass is 14.9. The van der Waals surface area contributed by atoms with Crippen molar-refractivity contribution in [1.82, 2.24) is 15.0 Å². The number of aromatic amines is 1. The molecule has 0 radical (unpaired) electrons. The van der Waals surface area contributed by atoms with Gasteiger partial charge in [-0.1, -0.05) is 0 Å². The summed E-state index contributed by atoms with van der Waals surface area (Å²) in [5.74, 6) is 0. The standard InChI is InChI=1S/C6H6N4/c7-4-1-9-5-2-8-3-10-6(4)5/h1-3H,7H2,(H,8,10). The maximum absolute atomic E-state index is 5.55. The van der Waals surface area contributed by atoms with E-state index in [1.807, 2.05) is 0 Å². The van der Waals surface area contributed by atoms with E-state index in [2.05, 4.69) is 15.0 Å². The monoisotopic (exact) mass is 134 g/mol. The molecule has 4 nitrogen and oxygen atoms in total. The summed E-state index contributed by atoms with van der Waals surface area (Å²) in [4.78, 5) is 10.8. The first-order valence-electron chi connectivity index (χ1n) is 2.90. The fourth-order valence-corrected chi connectivity index (χ4v) is 0.881. The summed E-state index contributed by atoms with van der Waals surface area (Å²) in [5.41, 5.74) is 7.88. The number of nitrogens with one attached hydrogen (secondary N) is 1. The summed E-state index contributed by atoms with van der Waals surface area (Å²) < 4.78 is 0. The lowest BCUT2D eigenvalue weighted by molar-refractivity contribution is 1.16. The maximum atomic E-state index is 5.55. The van der Waals surface area contributed by atoms with Crippen molar-refractivity contribution in [3.05, 3.63) is 18.7 Å². The van der Waals surface area contributed by atoms with Gasteiger partial charge in [0.05, 0.1) is 30.1 Å². The first-order valence-corrected chi connectivity index (χ1v) is 2.90. The fraction of sp³-hybridized carbons (Fsp3) is 0. The average Bonchev–Trinajstić information content (AvgIpc) is 2.34. The zero-order valence-corrected chi connectivity index (χ0v) is 5.20. The molecule has 0 spiro atoms. The van der Waals surface area contributed by atoms with Gasteiger partial charge >= 0.3 is 0 Å². The Hall–Kier alpha value is -1.58. The molecule has 2 rings (SSSR count). The van der Waals surface area contributed by atoms with Gasteiger partial charge < -0.3 is 10.7 Å². The van der Waals surface area contributed by atoms with Gasteiger partial charge in [0, 0.05) is 0 Å². The van der Waals surface area contributed by atoms with Crippen LogP contribution in [-0.2, 0) is 0 Å². The van der Waals surface area contributed by atoms with Crippen LogP contribution in [-0.4, -0.2) is 15.0 Å². The van der Waals surface area contributed by atoms with Crippen LogP contribution in [0.25, 0.3) is 11.4 Å². The van der Waals surface area contributed by atoms with Crippen molar-refractivity contribution in [2.75, 3.05) is 5.73 Å². The molecule has 2 heterocycles. The SMILES string of the molecule is Nc1cnc2cnc[nH]c1-2. The Labute approximate surface area is 57.5 Å². The Morgan fingerprint density at radius 3 is 3.10 bits per heavy atom. The molecular formula is C6H6N4. The fourth-order valence-electron chi connectivity index (χ4n) is 0.881. The molecule has 0 aromatic carbocycles. The molecule has 0 amide bonds. The number of nitrogens with zero attached hydrogens (tertiary/aromatic N) is 2. The smallest absolute Gasteiger partial charge is 0.107 e. The predicted molar refractivity (Wildman–Crippen MR) is 37.4 cm³/mol. The van der Waals surface area contributed by atoms with Crippen LogP contribution in [0.1, 0.15) is 0 Å². The van der Waals surface area contributed by atoms with Gasteiger partial charge in [-0.05, 0) is 0 Å². The minimum Gasteiger partial charge on any atom is -0.396 e. The number of anilines is 1. The first-order chi connectivity index (χ1) is 4.88. The lowest BCUT2D eigenvalue weighted by Gasteiger charge is -1.94. The zero-order valence-electron chi connectivity index (χ0n) is 5.20. The van der Waals surface area contributed by atoms with Crippen LogP contribution in [0.4, 0.5) is 5.69 Å². The van der Waals surface area contributed by atoms with Gasteiger partial charge in [-0.2, -0.15) is 0 Å². The van der Waals surface area contributed by atoms with Crippen LogP contribution in [0.5, 0.6) is 0 Å². The number of H-pyrrole nitrogens is 1. The Morgan fingerprint density at radius 1 is 1.40 bits per heavy atom. The molecular weight excluding hydrogens is 128 g/mol. The van der Waals surface area contributed by atoms with Gasteiger partial charge in [0.1, 0.15) is 5.69 Å². The lowest BCUT2D eigenvalue weighted by Crippen LogP contribution is -1.88. The van der Waals surface area contributed by atoms with Crippen molar-refractivity contribution in [3.63, 3.8) is 0 Å². The molecule has 0 fully saturated rings. The van der Waals surface area contributed by atoms with Gasteiger partial charge in [0.15, 0.2) is 0 Å². The van der Waals surface area contributed by atoms with E-state index in [0.29, 0.717) is 5.69 Å². The van der Waals surface area contributed by atoms with E-state index in [0.717, 1.165) is 11.4 Å². The molecule has 0 unspecified atom stereocenters. The van der Waals surface area contributed by atoms with Crippen LogP contribution in [0, 0.1) is 0 Å². The maximum Gasteiger partial charge on any atom is 0.107 e. The minimum absolute atomic E-state index is 0.664. The molecule has 2 aliphatic heterocycles. The molecule has 50 valence electrons. The largest absolute Gasteiger partial charge is 0.396 e. The molecule has 0 saturated heterocycles. The summed E-state index contributed by atoms with van der Waals surface area (Å²) >= 11 is 0. The first kappa shape index (κ1) is 5.22. The van der Waals surface area contributed by atoms with Crippen molar-refractivity contribution in [1.29, 1.82) is 0 Å². The van der Waals surface area contributed by atoms with Crippen molar-refractivity contribution >= 4 is 5.69 Å². The average molecular weight is 134 g/mol. The van der Waals surface area contributed by atoms with Crippen LogP contribution >= 0.6 is 0 Å². The molecule has 4 heteroatoms. The molecule has 0 aliphatic carbocycles. The molecule has 10 heavy (non-hydrogen) atoms. The van der Waals surface area contributed by atoms with Crippen molar-refractivity contribution < 1.29 is 0 Å². The predicted octanol–water partition coefficient (Wildman–Crippen LogP) is 0.492.